The number of nitrogens with zero attached hydrogens (tertiary/aromatic N) is 2. The molecule has 1 saturated heterocycles. The Kier molecular flexibility index (Phi) is 7.30. The van der Waals surface area contributed by atoms with Crippen molar-refractivity contribution in [3.63, 3.8) is 0 Å². The average Bonchev–Trinajstić information content (AvgIpc) is 2.75. The molecule has 2 amide bonds. The van der Waals surface area contributed by atoms with Crippen molar-refractivity contribution in [1.82, 2.24) is 9.80 Å². The van der Waals surface area contributed by atoms with Gasteiger partial charge in [-0.25, -0.2) is 4.79 Å². The molecule has 0 bridgehead atoms. The zero-order valence-electron chi connectivity index (χ0n) is 16.7. The van der Waals surface area contributed by atoms with Crippen LogP contribution >= 0.6 is 11.6 Å². The van der Waals surface area contributed by atoms with Gasteiger partial charge < -0.3 is 19.3 Å². The fraction of sp³-hybridized carbons (Fsp3) is 0.318. The van der Waals surface area contributed by atoms with Crippen LogP contribution in [0, 0.1) is 0 Å². The van der Waals surface area contributed by atoms with Gasteiger partial charge >= 0.3 is 6.16 Å². The minimum atomic E-state index is -0.783. The largest absolute Gasteiger partial charge is 0.513 e. The fourth-order valence-electron chi connectivity index (χ4n) is 3.17. The summed E-state index contributed by atoms with van der Waals surface area (Å²) in [6.07, 6.45) is -0.538. The van der Waals surface area contributed by atoms with E-state index in [2.05, 4.69) is 0 Å². The van der Waals surface area contributed by atoms with E-state index >= 15 is 0 Å². The summed E-state index contributed by atoms with van der Waals surface area (Å²) in [5.41, 5.74) is 1.29. The molecule has 0 atom stereocenters. The number of hydrogen-bond donors (Lipinski definition) is 0. The van der Waals surface area contributed by atoms with E-state index in [0.29, 0.717) is 42.5 Å². The number of halogens is 1. The summed E-state index contributed by atoms with van der Waals surface area (Å²) in [6.45, 7) is 3.76. The molecule has 7 nitrogen and oxygen atoms in total. The van der Waals surface area contributed by atoms with Crippen LogP contribution in [-0.2, 0) is 16.0 Å². The Bertz CT molecular complexity index is 908. The highest BCUT2D eigenvalue weighted by atomic mass is 35.5. The monoisotopic (exact) mass is 430 g/mol. The first-order valence-electron chi connectivity index (χ1n) is 9.73. The summed E-state index contributed by atoms with van der Waals surface area (Å²) in [5, 5.41) is 0.579. The Labute approximate surface area is 180 Å². The Balaban J connectivity index is 1.52. The smallest absolute Gasteiger partial charge is 0.434 e. The highest BCUT2D eigenvalue weighted by Crippen LogP contribution is 2.18. The van der Waals surface area contributed by atoms with Gasteiger partial charge in [-0.2, -0.15) is 0 Å². The molecule has 0 aliphatic carbocycles. The molecule has 0 radical (unpaired) electrons. The maximum atomic E-state index is 12.7. The molecule has 1 fully saturated rings. The molecular weight excluding hydrogens is 408 g/mol. The summed E-state index contributed by atoms with van der Waals surface area (Å²) in [6, 6.07) is 13.6. The van der Waals surface area contributed by atoms with Gasteiger partial charge in [0, 0.05) is 36.8 Å². The van der Waals surface area contributed by atoms with E-state index in [1.807, 2.05) is 18.2 Å². The summed E-state index contributed by atoms with van der Waals surface area (Å²) < 4.78 is 9.71. The molecule has 2 aromatic rings. The van der Waals surface area contributed by atoms with Crippen LogP contribution in [0.25, 0.3) is 0 Å². The van der Waals surface area contributed by atoms with Crippen molar-refractivity contribution in [3.05, 3.63) is 64.7 Å². The van der Waals surface area contributed by atoms with E-state index in [1.165, 1.54) is 0 Å². The van der Waals surface area contributed by atoms with Gasteiger partial charge in [-0.1, -0.05) is 29.8 Å². The predicted molar refractivity (Wildman–Crippen MR) is 112 cm³/mol. The molecule has 0 saturated carbocycles. The van der Waals surface area contributed by atoms with Crippen molar-refractivity contribution in [2.45, 2.75) is 13.3 Å². The van der Waals surface area contributed by atoms with Crippen LogP contribution in [0.3, 0.4) is 0 Å². The molecule has 0 N–H and O–H groups in total. The molecule has 1 aliphatic rings. The van der Waals surface area contributed by atoms with E-state index in [-0.39, 0.29) is 24.8 Å². The Morgan fingerprint density at radius 3 is 2.20 bits per heavy atom. The van der Waals surface area contributed by atoms with Crippen LogP contribution in [0.2, 0.25) is 5.02 Å². The third kappa shape index (κ3) is 5.51. The van der Waals surface area contributed by atoms with E-state index in [0.717, 1.165) is 5.56 Å². The molecule has 1 aliphatic heterocycles. The van der Waals surface area contributed by atoms with Gasteiger partial charge in [-0.05, 0) is 42.8 Å². The van der Waals surface area contributed by atoms with E-state index < -0.39 is 6.16 Å². The summed E-state index contributed by atoms with van der Waals surface area (Å²) in [4.78, 5) is 40.1. The van der Waals surface area contributed by atoms with Crippen LogP contribution in [0.1, 0.15) is 22.8 Å². The molecule has 3 rings (SSSR count). The lowest BCUT2D eigenvalue weighted by molar-refractivity contribution is -0.131. The molecule has 0 spiro atoms. The summed E-state index contributed by atoms with van der Waals surface area (Å²) in [5.74, 6) is 0.173. The van der Waals surface area contributed by atoms with Crippen LogP contribution in [0.5, 0.6) is 5.75 Å². The zero-order valence-corrected chi connectivity index (χ0v) is 17.4. The molecule has 158 valence electrons. The van der Waals surface area contributed by atoms with Gasteiger partial charge in [-0.3, -0.25) is 9.59 Å². The van der Waals surface area contributed by atoms with Crippen molar-refractivity contribution in [2.24, 2.45) is 0 Å². The summed E-state index contributed by atoms with van der Waals surface area (Å²) >= 11 is 6.14. The number of rotatable bonds is 5. The lowest BCUT2D eigenvalue weighted by atomic mass is 10.1. The zero-order chi connectivity index (χ0) is 21.5. The van der Waals surface area contributed by atoms with Crippen molar-refractivity contribution >= 4 is 29.6 Å². The Hall–Kier alpha value is -3.06. The van der Waals surface area contributed by atoms with Crippen LogP contribution in [0.15, 0.2) is 48.5 Å². The maximum Gasteiger partial charge on any atom is 0.513 e. The number of piperazine rings is 1. The van der Waals surface area contributed by atoms with E-state index in [4.69, 9.17) is 21.1 Å². The molecule has 8 heteroatoms. The molecule has 30 heavy (non-hydrogen) atoms. The standard InChI is InChI=1S/C22H23ClN2O5/c1-2-29-22(28)30-18-9-7-16(8-10-18)21(27)25-13-11-24(12-14-25)20(26)15-17-5-3-4-6-19(17)23/h3-10H,2,11-15H2,1H3. The van der Waals surface area contributed by atoms with E-state index in [9.17, 15) is 14.4 Å². The second-order valence-corrected chi connectivity index (χ2v) is 7.16. The normalized spacial score (nSPS) is 13.7. The minimum Gasteiger partial charge on any atom is -0.434 e. The highest BCUT2D eigenvalue weighted by Gasteiger charge is 2.25. The first-order chi connectivity index (χ1) is 14.5. The van der Waals surface area contributed by atoms with Gasteiger partial charge in [0.1, 0.15) is 5.75 Å². The quantitative estimate of drug-likeness (QED) is 0.536. The Morgan fingerprint density at radius 2 is 1.57 bits per heavy atom. The lowest BCUT2D eigenvalue weighted by Gasteiger charge is -2.35. The first kappa shape index (κ1) is 21.6. The number of amides is 2. The van der Waals surface area contributed by atoms with Gasteiger partial charge in [0.2, 0.25) is 5.91 Å². The van der Waals surface area contributed by atoms with E-state index in [1.54, 1.807) is 47.1 Å². The third-order valence-corrected chi connectivity index (χ3v) is 5.15. The lowest BCUT2D eigenvalue weighted by Crippen LogP contribution is -2.51. The number of carbonyl (C=O) groups is 3. The molecular formula is C22H23ClN2O5. The van der Waals surface area contributed by atoms with Gasteiger partial charge in [-0.15, -0.1) is 0 Å². The second-order valence-electron chi connectivity index (χ2n) is 6.75. The molecule has 2 aromatic carbocycles. The SMILES string of the molecule is CCOC(=O)Oc1ccc(C(=O)N2CCN(C(=O)Cc3ccccc3Cl)CC2)cc1. The molecule has 1 heterocycles. The van der Waals surface area contributed by atoms with Crippen molar-refractivity contribution < 1.29 is 23.9 Å². The number of hydrogen-bond acceptors (Lipinski definition) is 5. The van der Waals surface area contributed by atoms with Crippen molar-refractivity contribution in [3.8, 4) is 5.75 Å². The fourth-order valence-corrected chi connectivity index (χ4v) is 3.37. The summed E-state index contributed by atoms with van der Waals surface area (Å²) in [7, 11) is 0. The average molecular weight is 431 g/mol. The predicted octanol–water partition coefficient (Wildman–Crippen LogP) is 3.40. The van der Waals surface area contributed by atoms with Gasteiger partial charge in [0.05, 0.1) is 13.0 Å². The number of carbonyl (C=O) groups excluding carboxylic acids is 3. The third-order valence-electron chi connectivity index (χ3n) is 4.78. The molecule has 0 aromatic heterocycles. The minimum absolute atomic E-state index is 0.00401. The topological polar surface area (TPSA) is 76.2 Å². The number of ether oxygens (including phenoxy) is 2. The van der Waals surface area contributed by atoms with Crippen LogP contribution < -0.4 is 4.74 Å². The van der Waals surface area contributed by atoms with Gasteiger partial charge in [0.15, 0.2) is 0 Å². The first-order valence-corrected chi connectivity index (χ1v) is 10.1. The second kappa shape index (κ2) is 10.1. The number of benzene rings is 2. The van der Waals surface area contributed by atoms with Gasteiger partial charge in [0.25, 0.3) is 5.91 Å². The van der Waals surface area contributed by atoms with Crippen molar-refractivity contribution in [1.29, 1.82) is 0 Å². The molecule has 0 unspecified atom stereocenters. The van der Waals surface area contributed by atoms with Crippen LogP contribution in [-0.4, -0.2) is 60.6 Å². The Morgan fingerprint density at radius 1 is 0.933 bits per heavy atom. The van der Waals surface area contributed by atoms with Crippen LogP contribution in [0.4, 0.5) is 4.79 Å². The highest BCUT2D eigenvalue weighted by molar-refractivity contribution is 6.31. The maximum absolute atomic E-state index is 12.7. The van der Waals surface area contributed by atoms with Crippen molar-refractivity contribution in [2.75, 3.05) is 32.8 Å².